The topological polar surface area (TPSA) is 44.8 Å². The highest BCUT2D eigenvalue weighted by atomic mass is 16.5. The van der Waals surface area contributed by atoms with Crippen LogP contribution in [0.25, 0.3) is 5.57 Å². The van der Waals surface area contributed by atoms with E-state index < -0.39 is 0 Å². The van der Waals surface area contributed by atoms with Gasteiger partial charge in [-0.25, -0.2) is 4.79 Å². The number of cyclic esters (lactones) is 1. The fourth-order valence-corrected chi connectivity index (χ4v) is 4.31. The number of hydrogen-bond acceptors (Lipinski definition) is 4. The van der Waals surface area contributed by atoms with Crippen molar-refractivity contribution in [1.82, 2.24) is 0 Å². The Bertz CT molecular complexity index is 1130. The Hall–Kier alpha value is -3.53. The van der Waals surface area contributed by atoms with E-state index in [0.717, 1.165) is 34.3 Å². The molecule has 4 heteroatoms. The van der Waals surface area contributed by atoms with Crippen LogP contribution in [0.3, 0.4) is 0 Å². The normalized spacial score (nSPS) is 17.2. The first-order valence-electron chi connectivity index (χ1n) is 10.1. The van der Waals surface area contributed by atoms with Gasteiger partial charge in [0.2, 0.25) is 0 Å². The van der Waals surface area contributed by atoms with Crippen LogP contribution in [-0.2, 0) is 22.6 Å². The van der Waals surface area contributed by atoms with Crippen LogP contribution in [0.2, 0.25) is 0 Å². The molecule has 0 bridgehead atoms. The first kappa shape index (κ1) is 18.5. The average Bonchev–Trinajstić information content (AvgIpc) is 3.17. The first-order chi connectivity index (χ1) is 14.7. The van der Waals surface area contributed by atoms with Crippen molar-refractivity contribution in [3.05, 3.63) is 101 Å². The summed E-state index contributed by atoms with van der Waals surface area (Å²) in [5.74, 6) is 1.20. The molecular formula is C26H22O4. The molecule has 0 amide bonds. The summed E-state index contributed by atoms with van der Waals surface area (Å²) in [7, 11) is 1.63. The van der Waals surface area contributed by atoms with Crippen molar-refractivity contribution in [2.24, 2.45) is 5.92 Å². The monoisotopic (exact) mass is 398 g/mol. The lowest BCUT2D eigenvalue weighted by Crippen LogP contribution is -2.17. The molecule has 0 N–H and O–H groups in total. The Morgan fingerprint density at radius 2 is 1.77 bits per heavy atom. The smallest absolute Gasteiger partial charge is 0.335 e. The highest BCUT2D eigenvalue weighted by molar-refractivity contribution is 6.05. The molecule has 2 aliphatic rings. The quantitative estimate of drug-likeness (QED) is 0.579. The van der Waals surface area contributed by atoms with Gasteiger partial charge < -0.3 is 14.2 Å². The van der Waals surface area contributed by atoms with Gasteiger partial charge in [-0.3, -0.25) is 0 Å². The number of fused-ring (bicyclic) bond motifs is 2. The second-order valence-electron chi connectivity index (χ2n) is 7.59. The van der Waals surface area contributed by atoms with Gasteiger partial charge in [0.1, 0.15) is 6.61 Å². The van der Waals surface area contributed by atoms with Gasteiger partial charge in [-0.15, -0.1) is 0 Å². The van der Waals surface area contributed by atoms with Gasteiger partial charge in [0.05, 0.1) is 19.3 Å². The predicted octanol–water partition coefficient (Wildman–Crippen LogP) is 4.81. The van der Waals surface area contributed by atoms with Gasteiger partial charge in [-0.2, -0.15) is 0 Å². The van der Waals surface area contributed by atoms with Gasteiger partial charge in [0.25, 0.3) is 0 Å². The summed E-state index contributed by atoms with van der Waals surface area (Å²) in [5, 5.41) is 0. The molecule has 0 unspecified atom stereocenters. The molecular weight excluding hydrogens is 376 g/mol. The standard InChI is InChI=1S/C26H22O4/c1-28-23-14-19(11-12-22(23)29-15-17-7-3-2-4-8-17)24-21-10-6-5-9-18(21)13-20-16-30-26(27)25(20)24/h2-12,14,20H,13,15-16H2,1H3/t20-/m1/s1. The van der Waals surface area contributed by atoms with E-state index in [4.69, 9.17) is 14.2 Å². The number of carbonyl (C=O) groups excluding carboxylic acids is 1. The molecule has 30 heavy (non-hydrogen) atoms. The van der Waals surface area contributed by atoms with E-state index in [2.05, 4.69) is 12.1 Å². The summed E-state index contributed by atoms with van der Waals surface area (Å²) >= 11 is 0. The zero-order valence-electron chi connectivity index (χ0n) is 16.8. The van der Waals surface area contributed by atoms with E-state index in [-0.39, 0.29) is 11.9 Å². The van der Waals surface area contributed by atoms with Crippen molar-refractivity contribution in [2.45, 2.75) is 13.0 Å². The fourth-order valence-electron chi connectivity index (χ4n) is 4.31. The van der Waals surface area contributed by atoms with Crippen LogP contribution in [0.5, 0.6) is 11.5 Å². The molecule has 1 aliphatic heterocycles. The van der Waals surface area contributed by atoms with Gasteiger partial charge in [-0.05, 0) is 40.8 Å². The summed E-state index contributed by atoms with van der Waals surface area (Å²) < 4.78 is 17.0. The number of hydrogen-bond donors (Lipinski definition) is 0. The molecule has 5 rings (SSSR count). The molecule has 150 valence electrons. The minimum atomic E-state index is -0.215. The molecule has 1 saturated heterocycles. The summed E-state index contributed by atoms with van der Waals surface area (Å²) in [5.41, 5.74) is 6.06. The Kier molecular flexibility index (Phi) is 4.75. The number of methoxy groups -OCH3 is 1. The maximum absolute atomic E-state index is 12.5. The maximum Gasteiger partial charge on any atom is 0.335 e. The number of benzene rings is 3. The van der Waals surface area contributed by atoms with Crippen LogP contribution in [0.4, 0.5) is 0 Å². The number of rotatable bonds is 5. The second kappa shape index (κ2) is 7.71. The van der Waals surface area contributed by atoms with Crippen LogP contribution < -0.4 is 9.47 Å². The van der Waals surface area contributed by atoms with Crippen molar-refractivity contribution in [3.63, 3.8) is 0 Å². The van der Waals surface area contributed by atoms with Crippen molar-refractivity contribution in [1.29, 1.82) is 0 Å². The van der Waals surface area contributed by atoms with E-state index in [1.807, 2.05) is 60.7 Å². The molecule has 1 atom stereocenters. The van der Waals surface area contributed by atoms with E-state index in [9.17, 15) is 4.79 Å². The molecule has 0 radical (unpaired) electrons. The Morgan fingerprint density at radius 3 is 2.60 bits per heavy atom. The lowest BCUT2D eigenvalue weighted by molar-refractivity contribution is -0.135. The Balaban J connectivity index is 1.54. The van der Waals surface area contributed by atoms with Gasteiger partial charge >= 0.3 is 5.97 Å². The minimum absolute atomic E-state index is 0.0994. The summed E-state index contributed by atoms with van der Waals surface area (Å²) in [6, 6.07) is 24.1. The fraction of sp³-hybridized carbons (Fsp3) is 0.192. The zero-order chi connectivity index (χ0) is 20.5. The Morgan fingerprint density at radius 1 is 0.967 bits per heavy atom. The summed E-state index contributed by atoms with van der Waals surface area (Å²) in [6.45, 7) is 0.906. The lowest BCUT2D eigenvalue weighted by atomic mass is 9.77. The van der Waals surface area contributed by atoms with E-state index in [0.29, 0.717) is 24.7 Å². The second-order valence-corrected chi connectivity index (χ2v) is 7.59. The van der Waals surface area contributed by atoms with Crippen molar-refractivity contribution in [2.75, 3.05) is 13.7 Å². The third kappa shape index (κ3) is 3.24. The van der Waals surface area contributed by atoms with E-state index in [1.54, 1.807) is 7.11 Å². The predicted molar refractivity (Wildman–Crippen MR) is 114 cm³/mol. The van der Waals surface area contributed by atoms with Gasteiger partial charge in [-0.1, -0.05) is 60.7 Å². The highest BCUT2D eigenvalue weighted by Crippen LogP contribution is 2.43. The molecule has 0 aromatic heterocycles. The zero-order valence-corrected chi connectivity index (χ0v) is 16.8. The first-order valence-corrected chi connectivity index (χ1v) is 10.1. The highest BCUT2D eigenvalue weighted by Gasteiger charge is 2.38. The SMILES string of the molecule is COc1cc(C2=C3C(=O)OC[C@H]3Cc3ccccc32)ccc1OCc1ccccc1. The third-order valence-corrected chi connectivity index (χ3v) is 5.76. The van der Waals surface area contributed by atoms with Crippen molar-refractivity contribution >= 4 is 11.5 Å². The molecule has 3 aromatic rings. The largest absolute Gasteiger partial charge is 0.493 e. The number of esters is 1. The maximum atomic E-state index is 12.5. The van der Waals surface area contributed by atoms with Crippen LogP contribution in [-0.4, -0.2) is 19.7 Å². The van der Waals surface area contributed by atoms with Gasteiger partial charge in [0, 0.05) is 11.5 Å². The lowest BCUT2D eigenvalue weighted by Gasteiger charge is -2.24. The molecule has 4 nitrogen and oxygen atoms in total. The molecule has 1 heterocycles. The van der Waals surface area contributed by atoms with Crippen LogP contribution in [0, 0.1) is 5.92 Å². The van der Waals surface area contributed by atoms with Crippen molar-refractivity contribution in [3.8, 4) is 11.5 Å². The Labute approximate surface area is 175 Å². The van der Waals surface area contributed by atoms with Crippen LogP contribution >= 0.6 is 0 Å². The van der Waals surface area contributed by atoms with Crippen LogP contribution in [0.15, 0.2) is 78.4 Å². The number of carbonyl (C=O) groups is 1. The number of ether oxygens (including phenoxy) is 3. The molecule has 0 saturated carbocycles. The third-order valence-electron chi connectivity index (χ3n) is 5.76. The van der Waals surface area contributed by atoms with E-state index >= 15 is 0 Å². The van der Waals surface area contributed by atoms with E-state index in [1.165, 1.54) is 5.56 Å². The molecule has 1 fully saturated rings. The average molecular weight is 398 g/mol. The van der Waals surface area contributed by atoms with Crippen molar-refractivity contribution < 1.29 is 19.0 Å². The van der Waals surface area contributed by atoms with Crippen LogP contribution in [0.1, 0.15) is 22.3 Å². The summed E-state index contributed by atoms with van der Waals surface area (Å²) in [4.78, 5) is 12.5. The summed E-state index contributed by atoms with van der Waals surface area (Å²) in [6.07, 6.45) is 0.830. The van der Waals surface area contributed by atoms with Gasteiger partial charge in [0.15, 0.2) is 11.5 Å². The minimum Gasteiger partial charge on any atom is -0.493 e. The molecule has 3 aromatic carbocycles. The molecule has 0 spiro atoms. The molecule has 1 aliphatic carbocycles.